The Morgan fingerprint density at radius 3 is 2.50 bits per heavy atom. The lowest BCUT2D eigenvalue weighted by atomic mass is 10.1. The van der Waals surface area contributed by atoms with Crippen LogP contribution < -0.4 is 0 Å². The molecule has 0 bridgehead atoms. The molecule has 0 aromatic heterocycles. The number of hydrogen-bond donors (Lipinski definition) is 0. The zero-order valence-electron chi connectivity index (χ0n) is 14.3. The van der Waals surface area contributed by atoms with Gasteiger partial charge in [-0.25, -0.2) is 8.42 Å². The largest absolute Gasteiger partial charge is 0.460 e. The van der Waals surface area contributed by atoms with Gasteiger partial charge in [0.1, 0.15) is 5.60 Å². The Morgan fingerprint density at radius 1 is 1.29 bits per heavy atom. The number of benzene rings is 1. The maximum Gasteiger partial charge on any atom is 0.307 e. The van der Waals surface area contributed by atoms with Crippen LogP contribution in [0.5, 0.6) is 0 Å². The molecule has 1 saturated heterocycles. The predicted octanol–water partition coefficient (Wildman–Crippen LogP) is 2.95. The molecule has 1 aliphatic heterocycles. The minimum atomic E-state index is -3.16. The van der Waals surface area contributed by atoms with Gasteiger partial charge in [-0.05, 0) is 38.5 Å². The van der Waals surface area contributed by atoms with Gasteiger partial charge in [-0.2, -0.15) is 0 Å². The maximum atomic E-state index is 12.4. The van der Waals surface area contributed by atoms with Crippen molar-refractivity contribution in [3.63, 3.8) is 0 Å². The zero-order chi connectivity index (χ0) is 18.0. The SMILES string of the molecule is CC(C)(C)OC(=O)CCN1CCS(=O)(=O)C(c2ccc(Br)cc2)C1. The van der Waals surface area contributed by atoms with Crippen LogP contribution in [0, 0.1) is 0 Å². The molecule has 24 heavy (non-hydrogen) atoms. The molecule has 0 saturated carbocycles. The van der Waals surface area contributed by atoms with Gasteiger partial charge in [-0.15, -0.1) is 0 Å². The summed E-state index contributed by atoms with van der Waals surface area (Å²) in [6, 6.07) is 7.38. The van der Waals surface area contributed by atoms with E-state index in [-0.39, 0.29) is 18.1 Å². The minimum absolute atomic E-state index is 0.113. The van der Waals surface area contributed by atoms with Crippen LogP contribution in [0.2, 0.25) is 0 Å². The van der Waals surface area contributed by atoms with Gasteiger partial charge in [0.05, 0.1) is 17.4 Å². The molecule has 2 rings (SSSR count). The highest BCUT2D eigenvalue weighted by atomic mass is 79.9. The van der Waals surface area contributed by atoms with E-state index in [0.29, 0.717) is 19.6 Å². The number of carbonyl (C=O) groups excluding carboxylic acids is 1. The monoisotopic (exact) mass is 417 g/mol. The third kappa shape index (κ3) is 5.57. The minimum Gasteiger partial charge on any atom is -0.460 e. The highest BCUT2D eigenvalue weighted by Crippen LogP contribution is 2.29. The number of ether oxygens (including phenoxy) is 1. The molecule has 1 fully saturated rings. The molecule has 0 radical (unpaired) electrons. The highest BCUT2D eigenvalue weighted by Gasteiger charge is 2.34. The second-order valence-corrected chi connectivity index (χ2v) is 10.3. The molecule has 1 aromatic rings. The second-order valence-electron chi connectivity index (χ2n) is 7.04. The van der Waals surface area contributed by atoms with E-state index in [1.807, 2.05) is 49.9 Å². The second kappa shape index (κ2) is 7.54. The molecule has 1 heterocycles. The lowest BCUT2D eigenvalue weighted by Gasteiger charge is -2.32. The van der Waals surface area contributed by atoms with E-state index in [1.165, 1.54) is 0 Å². The van der Waals surface area contributed by atoms with Crippen molar-refractivity contribution in [2.24, 2.45) is 0 Å². The Labute approximate surface area is 152 Å². The fourth-order valence-corrected chi connectivity index (χ4v) is 4.74. The van der Waals surface area contributed by atoms with Crippen molar-refractivity contribution in [3.05, 3.63) is 34.3 Å². The lowest BCUT2D eigenvalue weighted by Crippen LogP contribution is -2.43. The number of carbonyl (C=O) groups is 1. The van der Waals surface area contributed by atoms with Crippen LogP contribution in [0.1, 0.15) is 38.0 Å². The summed E-state index contributed by atoms with van der Waals surface area (Å²) >= 11 is 3.36. The predicted molar refractivity (Wildman–Crippen MR) is 97.6 cm³/mol. The summed E-state index contributed by atoms with van der Waals surface area (Å²) < 4.78 is 31.0. The van der Waals surface area contributed by atoms with Gasteiger partial charge in [-0.3, -0.25) is 4.79 Å². The van der Waals surface area contributed by atoms with Gasteiger partial charge in [0.25, 0.3) is 0 Å². The number of halogens is 1. The molecule has 134 valence electrons. The Balaban J connectivity index is 2.00. The van der Waals surface area contributed by atoms with Crippen LogP contribution in [0.4, 0.5) is 0 Å². The Kier molecular flexibility index (Phi) is 6.09. The van der Waals surface area contributed by atoms with E-state index in [9.17, 15) is 13.2 Å². The molecule has 0 N–H and O–H groups in total. The van der Waals surface area contributed by atoms with E-state index in [2.05, 4.69) is 15.9 Å². The van der Waals surface area contributed by atoms with E-state index in [1.54, 1.807) is 0 Å². The van der Waals surface area contributed by atoms with Crippen LogP contribution in [0.3, 0.4) is 0 Å². The van der Waals surface area contributed by atoms with Crippen LogP contribution >= 0.6 is 15.9 Å². The summed E-state index contributed by atoms with van der Waals surface area (Å²) in [5.74, 6) is -0.140. The molecule has 1 unspecified atom stereocenters. The molecule has 1 aromatic carbocycles. The average molecular weight is 418 g/mol. The summed E-state index contributed by atoms with van der Waals surface area (Å²) in [6.07, 6.45) is 0.268. The molecule has 7 heteroatoms. The molecule has 1 atom stereocenters. The van der Waals surface area contributed by atoms with Crippen molar-refractivity contribution in [3.8, 4) is 0 Å². The highest BCUT2D eigenvalue weighted by molar-refractivity contribution is 9.10. The van der Waals surface area contributed by atoms with Crippen molar-refractivity contribution in [1.29, 1.82) is 0 Å². The molecule has 0 spiro atoms. The first-order valence-corrected chi connectivity index (χ1v) is 10.5. The molecular weight excluding hydrogens is 394 g/mol. The summed E-state index contributed by atoms with van der Waals surface area (Å²) in [6.45, 7) is 6.88. The normalized spacial score (nSPS) is 21.4. The molecule has 5 nitrogen and oxygen atoms in total. The number of sulfone groups is 1. The van der Waals surface area contributed by atoms with Gasteiger partial charge in [0, 0.05) is 24.1 Å². The molecular formula is C17H24BrNO4S. The topological polar surface area (TPSA) is 63.7 Å². The third-order valence-electron chi connectivity index (χ3n) is 3.84. The Bertz CT molecular complexity index is 680. The van der Waals surface area contributed by atoms with E-state index < -0.39 is 20.7 Å². The quantitative estimate of drug-likeness (QED) is 0.704. The smallest absolute Gasteiger partial charge is 0.307 e. The van der Waals surface area contributed by atoms with Crippen molar-refractivity contribution >= 4 is 31.7 Å². The fraction of sp³-hybridized carbons (Fsp3) is 0.588. The zero-order valence-corrected chi connectivity index (χ0v) is 16.7. The Morgan fingerprint density at radius 2 is 1.92 bits per heavy atom. The van der Waals surface area contributed by atoms with E-state index >= 15 is 0 Å². The third-order valence-corrected chi connectivity index (χ3v) is 6.41. The summed E-state index contributed by atoms with van der Waals surface area (Å²) in [5.41, 5.74) is 0.294. The summed E-state index contributed by atoms with van der Waals surface area (Å²) in [4.78, 5) is 13.9. The number of esters is 1. The summed E-state index contributed by atoms with van der Waals surface area (Å²) in [5, 5.41) is -0.544. The standard InChI is InChI=1S/C17H24BrNO4S/c1-17(2,3)23-16(20)8-9-19-10-11-24(21,22)15(12-19)13-4-6-14(18)7-5-13/h4-7,15H,8-12H2,1-3H3. The van der Waals surface area contributed by atoms with Crippen LogP contribution in [-0.2, 0) is 19.4 Å². The Hall–Kier alpha value is -0.920. The molecule has 0 aliphatic carbocycles. The molecule has 1 aliphatic rings. The van der Waals surface area contributed by atoms with Crippen molar-refractivity contribution in [2.45, 2.75) is 38.0 Å². The van der Waals surface area contributed by atoms with Gasteiger partial charge in [0.2, 0.25) is 0 Å². The van der Waals surface area contributed by atoms with Crippen LogP contribution in [0.25, 0.3) is 0 Å². The van der Waals surface area contributed by atoms with Crippen molar-refractivity contribution < 1.29 is 17.9 Å². The fourth-order valence-electron chi connectivity index (χ4n) is 2.67. The van der Waals surface area contributed by atoms with Gasteiger partial charge in [0.15, 0.2) is 9.84 Å². The lowest BCUT2D eigenvalue weighted by molar-refractivity contribution is -0.155. The van der Waals surface area contributed by atoms with Gasteiger partial charge in [-0.1, -0.05) is 28.1 Å². The van der Waals surface area contributed by atoms with Crippen molar-refractivity contribution in [1.82, 2.24) is 4.90 Å². The van der Waals surface area contributed by atoms with Crippen molar-refractivity contribution in [2.75, 3.05) is 25.4 Å². The number of nitrogens with zero attached hydrogens (tertiary/aromatic N) is 1. The first-order valence-electron chi connectivity index (χ1n) is 7.98. The first kappa shape index (κ1) is 19.4. The van der Waals surface area contributed by atoms with Crippen LogP contribution in [0.15, 0.2) is 28.7 Å². The van der Waals surface area contributed by atoms with Gasteiger partial charge >= 0.3 is 5.97 Å². The first-order chi connectivity index (χ1) is 11.1. The summed E-state index contributed by atoms with van der Waals surface area (Å²) in [7, 11) is -3.16. The average Bonchev–Trinajstić information content (AvgIpc) is 2.45. The van der Waals surface area contributed by atoms with E-state index in [4.69, 9.17) is 4.74 Å². The molecule has 0 amide bonds. The number of rotatable bonds is 4. The van der Waals surface area contributed by atoms with Gasteiger partial charge < -0.3 is 9.64 Å². The van der Waals surface area contributed by atoms with E-state index in [0.717, 1.165) is 10.0 Å². The van der Waals surface area contributed by atoms with Crippen LogP contribution in [-0.4, -0.2) is 50.3 Å². The number of hydrogen-bond acceptors (Lipinski definition) is 5. The maximum absolute atomic E-state index is 12.4.